The highest BCUT2D eigenvalue weighted by molar-refractivity contribution is 6.07. The van der Waals surface area contributed by atoms with Gasteiger partial charge >= 0.3 is 6.03 Å². The van der Waals surface area contributed by atoms with Crippen LogP contribution in [0.25, 0.3) is 0 Å². The molecule has 2 heterocycles. The lowest BCUT2D eigenvalue weighted by Crippen LogP contribution is -3.14. The summed E-state index contributed by atoms with van der Waals surface area (Å²) in [7, 11) is 0. The molecule has 1 aromatic rings. The molecule has 31 heavy (non-hydrogen) atoms. The van der Waals surface area contributed by atoms with E-state index in [9.17, 15) is 14.4 Å². The van der Waals surface area contributed by atoms with Crippen molar-refractivity contribution >= 4 is 17.8 Å². The Hall–Kier alpha value is -2.45. The van der Waals surface area contributed by atoms with Gasteiger partial charge < -0.3 is 20.3 Å². The molecule has 8 nitrogen and oxygen atoms in total. The molecule has 0 radical (unpaired) electrons. The lowest BCUT2D eigenvalue weighted by Gasteiger charge is -2.28. The topological polar surface area (TPSA) is 92.2 Å². The van der Waals surface area contributed by atoms with E-state index >= 15 is 0 Å². The number of rotatable bonds is 8. The monoisotopic (exact) mass is 429 g/mol. The van der Waals surface area contributed by atoms with E-state index in [4.69, 9.17) is 4.74 Å². The van der Waals surface area contributed by atoms with Crippen molar-refractivity contribution < 1.29 is 24.0 Å². The fourth-order valence-electron chi connectivity index (χ4n) is 4.95. The first-order valence-electron chi connectivity index (χ1n) is 11.5. The molecule has 3 aliphatic rings. The zero-order chi connectivity index (χ0) is 21.7. The van der Waals surface area contributed by atoms with Gasteiger partial charge in [0.15, 0.2) is 0 Å². The molecule has 0 bridgehead atoms. The quantitative estimate of drug-likeness (QED) is 0.522. The van der Waals surface area contributed by atoms with Crippen LogP contribution in [0.2, 0.25) is 0 Å². The van der Waals surface area contributed by atoms with Crippen LogP contribution in [-0.2, 0) is 14.3 Å². The molecule has 1 aromatic carbocycles. The zero-order valence-electron chi connectivity index (χ0n) is 18.0. The Balaban J connectivity index is 1.29. The lowest BCUT2D eigenvalue weighted by molar-refractivity contribution is -0.909. The number of imide groups is 1. The molecule has 1 aliphatic carbocycles. The molecule has 1 saturated carbocycles. The SMILES string of the molecule is O=C(CCCN1C(=O)NC2(CCCC2)C1=O)N[C@@H](C[NH+]1CCOCC1)c1ccccc1. The van der Waals surface area contributed by atoms with Gasteiger partial charge in [-0.15, -0.1) is 0 Å². The summed E-state index contributed by atoms with van der Waals surface area (Å²) < 4.78 is 5.45. The number of carbonyl (C=O) groups excluding carboxylic acids is 3. The van der Waals surface area contributed by atoms with Crippen LogP contribution in [0.3, 0.4) is 0 Å². The van der Waals surface area contributed by atoms with E-state index in [-0.39, 0.29) is 36.9 Å². The molecule has 168 valence electrons. The number of carbonyl (C=O) groups is 3. The third-order valence-electron chi connectivity index (χ3n) is 6.72. The number of amides is 4. The van der Waals surface area contributed by atoms with E-state index in [0.717, 1.165) is 64.1 Å². The molecule has 0 unspecified atom stereocenters. The standard InChI is InChI=1S/C23H32N4O4/c28-20(9-6-12-27-21(29)23(25-22(27)30)10-4-5-11-23)24-19(18-7-2-1-3-8-18)17-26-13-15-31-16-14-26/h1-3,7-8,19H,4-6,9-17H2,(H,24,28)(H,25,30)/p+1/t19-/m0/s1. The zero-order valence-corrected chi connectivity index (χ0v) is 18.0. The Morgan fingerprint density at radius 3 is 2.58 bits per heavy atom. The summed E-state index contributed by atoms with van der Waals surface area (Å²) >= 11 is 0. The van der Waals surface area contributed by atoms with Gasteiger partial charge in [-0.1, -0.05) is 43.2 Å². The van der Waals surface area contributed by atoms with Crippen LogP contribution >= 0.6 is 0 Å². The molecule has 2 saturated heterocycles. The van der Waals surface area contributed by atoms with Gasteiger partial charge in [-0.3, -0.25) is 14.5 Å². The lowest BCUT2D eigenvalue weighted by atomic mass is 9.98. The minimum absolute atomic E-state index is 0.0517. The van der Waals surface area contributed by atoms with Gasteiger partial charge in [0.1, 0.15) is 31.2 Å². The molecular weight excluding hydrogens is 396 g/mol. The van der Waals surface area contributed by atoms with Crippen LogP contribution < -0.4 is 15.5 Å². The number of nitrogens with one attached hydrogen (secondary N) is 3. The molecule has 1 spiro atoms. The Bertz CT molecular complexity index is 788. The van der Waals surface area contributed by atoms with Crippen LogP contribution in [0.5, 0.6) is 0 Å². The maximum atomic E-state index is 12.7. The second kappa shape index (κ2) is 9.78. The maximum Gasteiger partial charge on any atom is 0.325 e. The Morgan fingerprint density at radius 2 is 1.87 bits per heavy atom. The van der Waals surface area contributed by atoms with Gasteiger partial charge in [0.05, 0.1) is 13.2 Å². The summed E-state index contributed by atoms with van der Waals surface area (Å²) in [5.41, 5.74) is 0.408. The number of benzene rings is 1. The highest BCUT2D eigenvalue weighted by Gasteiger charge is 2.52. The number of quaternary nitrogens is 1. The summed E-state index contributed by atoms with van der Waals surface area (Å²) in [6, 6.07) is 9.64. The maximum absolute atomic E-state index is 12.7. The minimum Gasteiger partial charge on any atom is -0.370 e. The second-order valence-corrected chi connectivity index (χ2v) is 8.88. The van der Waals surface area contributed by atoms with E-state index in [1.165, 1.54) is 9.80 Å². The molecule has 8 heteroatoms. The Labute approximate surface area is 183 Å². The Morgan fingerprint density at radius 1 is 1.16 bits per heavy atom. The first-order chi connectivity index (χ1) is 15.1. The average molecular weight is 430 g/mol. The van der Waals surface area contributed by atoms with Crippen molar-refractivity contribution in [2.24, 2.45) is 0 Å². The summed E-state index contributed by atoms with van der Waals surface area (Å²) in [6.45, 7) is 4.47. The van der Waals surface area contributed by atoms with E-state index in [0.29, 0.717) is 6.42 Å². The van der Waals surface area contributed by atoms with Crippen molar-refractivity contribution in [1.82, 2.24) is 15.5 Å². The van der Waals surface area contributed by atoms with Gasteiger partial charge in [0.25, 0.3) is 5.91 Å². The first-order valence-corrected chi connectivity index (χ1v) is 11.5. The highest BCUT2D eigenvalue weighted by atomic mass is 16.5. The average Bonchev–Trinajstić information content (AvgIpc) is 3.35. The number of urea groups is 1. The predicted molar refractivity (Wildman–Crippen MR) is 114 cm³/mol. The van der Waals surface area contributed by atoms with Crippen LogP contribution in [0.15, 0.2) is 30.3 Å². The third kappa shape index (κ3) is 5.07. The summed E-state index contributed by atoms with van der Waals surface area (Å²) in [4.78, 5) is 40.4. The molecule has 3 fully saturated rings. The van der Waals surface area contributed by atoms with Crippen molar-refractivity contribution in [3.8, 4) is 0 Å². The number of hydrogen-bond donors (Lipinski definition) is 3. The summed E-state index contributed by atoms with van der Waals surface area (Å²) in [5.74, 6) is -0.169. The largest absolute Gasteiger partial charge is 0.370 e. The van der Waals surface area contributed by atoms with Gasteiger partial charge in [-0.2, -0.15) is 0 Å². The highest BCUT2D eigenvalue weighted by Crippen LogP contribution is 2.35. The Kier molecular flexibility index (Phi) is 6.87. The van der Waals surface area contributed by atoms with Crippen LogP contribution in [0.1, 0.15) is 50.1 Å². The van der Waals surface area contributed by atoms with E-state index in [1.807, 2.05) is 30.3 Å². The van der Waals surface area contributed by atoms with Gasteiger partial charge in [0.2, 0.25) is 5.91 Å². The van der Waals surface area contributed by atoms with Crippen LogP contribution in [0.4, 0.5) is 4.79 Å². The van der Waals surface area contributed by atoms with E-state index in [1.54, 1.807) is 0 Å². The van der Waals surface area contributed by atoms with Gasteiger partial charge in [0, 0.05) is 13.0 Å². The van der Waals surface area contributed by atoms with Crippen molar-refractivity contribution in [3.63, 3.8) is 0 Å². The normalized spacial score (nSPS) is 22.0. The smallest absolute Gasteiger partial charge is 0.325 e. The molecule has 4 amide bonds. The molecule has 3 N–H and O–H groups in total. The molecule has 0 aromatic heterocycles. The summed E-state index contributed by atoms with van der Waals surface area (Å²) in [5, 5.41) is 6.06. The molecule has 2 aliphatic heterocycles. The fourth-order valence-corrected chi connectivity index (χ4v) is 4.95. The van der Waals surface area contributed by atoms with Crippen LogP contribution in [0, 0.1) is 0 Å². The molecular formula is C23H33N4O4+. The molecule has 1 atom stereocenters. The number of morpholine rings is 1. The van der Waals surface area contributed by atoms with Crippen molar-refractivity contribution in [3.05, 3.63) is 35.9 Å². The minimum atomic E-state index is -0.682. The fraction of sp³-hybridized carbons (Fsp3) is 0.609. The van der Waals surface area contributed by atoms with E-state index in [2.05, 4.69) is 10.6 Å². The predicted octanol–water partition coefficient (Wildman–Crippen LogP) is 0.404. The third-order valence-corrected chi connectivity index (χ3v) is 6.72. The number of nitrogens with zero attached hydrogens (tertiary/aromatic N) is 1. The van der Waals surface area contributed by atoms with Crippen LogP contribution in [-0.4, -0.2) is 67.7 Å². The van der Waals surface area contributed by atoms with Gasteiger partial charge in [-0.05, 0) is 24.8 Å². The molecule has 4 rings (SSSR count). The first kappa shape index (κ1) is 21.8. The number of hydrogen-bond acceptors (Lipinski definition) is 4. The van der Waals surface area contributed by atoms with Crippen molar-refractivity contribution in [1.29, 1.82) is 0 Å². The number of ether oxygens (including phenoxy) is 1. The van der Waals surface area contributed by atoms with Crippen molar-refractivity contribution in [2.45, 2.75) is 50.1 Å². The summed E-state index contributed by atoms with van der Waals surface area (Å²) in [6.07, 6.45) is 4.12. The van der Waals surface area contributed by atoms with E-state index < -0.39 is 5.54 Å². The van der Waals surface area contributed by atoms with Crippen molar-refractivity contribution in [2.75, 3.05) is 39.4 Å². The van der Waals surface area contributed by atoms with Gasteiger partial charge in [-0.25, -0.2) is 4.79 Å². The second-order valence-electron chi connectivity index (χ2n) is 8.88.